The van der Waals surface area contributed by atoms with Crippen LogP contribution in [-0.4, -0.2) is 31.6 Å². The van der Waals surface area contributed by atoms with Crippen molar-refractivity contribution in [3.63, 3.8) is 0 Å². The number of carbonyl (C=O) groups is 2. The number of oxime groups is 1. The molecule has 1 aromatic rings. The maximum atomic E-state index is 12.5. The van der Waals surface area contributed by atoms with E-state index in [2.05, 4.69) is 5.16 Å². The van der Waals surface area contributed by atoms with Crippen LogP contribution in [0.15, 0.2) is 41.1 Å². The van der Waals surface area contributed by atoms with E-state index < -0.39 is 25.9 Å². The maximum Gasteiger partial charge on any atom is 0.365 e. The molecular weight excluding hydrogens is 419 g/mol. The van der Waals surface area contributed by atoms with E-state index in [0.29, 0.717) is 5.57 Å². The molecule has 0 spiro atoms. The SMILES string of the molecule is CC(C)C1=C/C(=N\OC(=O)c2ccc([N+](=O)[O-])cc2)C(C)(Cl)C(Cl)(Cl)C1=O. The van der Waals surface area contributed by atoms with Crippen molar-refractivity contribution in [3.8, 4) is 0 Å². The highest BCUT2D eigenvalue weighted by atomic mass is 35.5. The van der Waals surface area contributed by atoms with Gasteiger partial charge in [0.15, 0.2) is 5.78 Å². The zero-order valence-electron chi connectivity index (χ0n) is 14.5. The number of non-ortho nitro benzene ring substituents is 1. The Hall–Kier alpha value is -1.96. The summed E-state index contributed by atoms with van der Waals surface area (Å²) in [5, 5.41) is 14.4. The predicted molar refractivity (Wildman–Crippen MR) is 103 cm³/mol. The van der Waals surface area contributed by atoms with Crippen molar-refractivity contribution < 1.29 is 19.3 Å². The van der Waals surface area contributed by atoms with Gasteiger partial charge in [0, 0.05) is 17.7 Å². The second-order valence-electron chi connectivity index (χ2n) is 6.32. The summed E-state index contributed by atoms with van der Waals surface area (Å²) in [5.41, 5.74) is 0.177. The summed E-state index contributed by atoms with van der Waals surface area (Å²) in [4.78, 5) is 37.9. The molecule has 7 nitrogen and oxygen atoms in total. The molecule has 1 aromatic carbocycles. The van der Waals surface area contributed by atoms with Gasteiger partial charge >= 0.3 is 5.97 Å². The molecule has 0 heterocycles. The lowest BCUT2D eigenvalue weighted by Gasteiger charge is -2.38. The lowest BCUT2D eigenvalue weighted by molar-refractivity contribution is -0.384. The number of rotatable bonds is 4. The van der Waals surface area contributed by atoms with Gasteiger partial charge in [0.1, 0.15) is 10.6 Å². The van der Waals surface area contributed by atoms with Gasteiger partial charge in [0.05, 0.1) is 10.5 Å². The first-order valence-corrected chi connectivity index (χ1v) is 8.90. The fourth-order valence-corrected chi connectivity index (χ4v) is 2.89. The summed E-state index contributed by atoms with van der Waals surface area (Å²) in [6, 6.07) is 4.78. The topological polar surface area (TPSA) is 98.9 Å². The van der Waals surface area contributed by atoms with Crippen LogP contribution in [0.25, 0.3) is 0 Å². The van der Waals surface area contributed by atoms with Crippen LogP contribution in [0.1, 0.15) is 31.1 Å². The molecule has 0 amide bonds. The maximum absolute atomic E-state index is 12.5. The Morgan fingerprint density at radius 3 is 2.26 bits per heavy atom. The molecule has 1 aliphatic carbocycles. The van der Waals surface area contributed by atoms with Crippen LogP contribution in [0.2, 0.25) is 0 Å². The van der Waals surface area contributed by atoms with Crippen molar-refractivity contribution in [3.05, 3.63) is 51.6 Å². The quantitative estimate of drug-likeness (QED) is 0.302. The summed E-state index contributed by atoms with van der Waals surface area (Å²) < 4.78 is -2.00. The van der Waals surface area contributed by atoms with Crippen LogP contribution in [0.5, 0.6) is 0 Å². The average Bonchev–Trinajstić information content (AvgIpc) is 2.59. The first kappa shape index (κ1) is 21.3. The number of hydrogen-bond donors (Lipinski definition) is 0. The third kappa shape index (κ3) is 4.00. The molecular formula is C17H15Cl3N2O5. The summed E-state index contributed by atoms with van der Waals surface area (Å²) in [5.74, 6) is -1.62. The minimum atomic E-state index is -2.00. The van der Waals surface area contributed by atoms with Crippen molar-refractivity contribution in [1.82, 2.24) is 0 Å². The number of allylic oxidation sites excluding steroid dienone is 2. The predicted octanol–water partition coefficient (Wildman–Crippen LogP) is 4.44. The zero-order chi connectivity index (χ0) is 20.6. The molecule has 0 aromatic heterocycles. The third-order valence-corrected chi connectivity index (χ3v) is 5.84. The standard InChI is InChI=1S/C17H15Cl3N2O5/c1-9(2)12-8-13(16(3,18)17(19,20)14(12)23)21-27-15(24)10-4-6-11(7-5-10)22(25)26/h4-9H,1-3H3/b21-13+. The lowest BCUT2D eigenvalue weighted by atomic mass is 9.82. The van der Waals surface area contributed by atoms with Gasteiger partial charge < -0.3 is 4.84 Å². The monoisotopic (exact) mass is 432 g/mol. The van der Waals surface area contributed by atoms with Crippen LogP contribution >= 0.6 is 34.8 Å². The van der Waals surface area contributed by atoms with E-state index in [9.17, 15) is 19.7 Å². The molecule has 0 fully saturated rings. The van der Waals surface area contributed by atoms with Gasteiger partial charge in [-0.2, -0.15) is 0 Å². The molecule has 0 radical (unpaired) electrons. The largest absolute Gasteiger partial charge is 0.365 e. The van der Waals surface area contributed by atoms with Crippen molar-refractivity contribution in [1.29, 1.82) is 0 Å². The average molecular weight is 434 g/mol. The Morgan fingerprint density at radius 2 is 1.78 bits per heavy atom. The van der Waals surface area contributed by atoms with Crippen LogP contribution in [0.3, 0.4) is 0 Å². The molecule has 0 saturated heterocycles. The van der Waals surface area contributed by atoms with Gasteiger partial charge in [-0.25, -0.2) is 4.79 Å². The van der Waals surface area contributed by atoms with Crippen molar-refractivity contribution in [2.24, 2.45) is 11.1 Å². The van der Waals surface area contributed by atoms with E-state index in [1.807, 2.05) is 0 Å². The number of nitrogens with zero attached hydrogens (tertiary/aromatic N) is 2. The van der Waals surface area contributed by atoms with Gasteiger partial charge in [-0.3, -0.25) is 14.9 Å². The van der Waals surface area contributed by atoms with Crippen molar-refractivity contribution >= 4 is 58.0 Å². The molecule has 10 heteroatoms. The van der Waals surface area contributed by atoms with Gasteiger partial charge in [0.2, 0.25) is 4.33 Å². The van der Waals surface area contributed by atoms with Crippen LogP contribution < -0.4 is 0 Å². The number of alkyl halides is 3. The number of ketones is 1. The van der Waals surface area contributed by atoms with Crippen molar-refractivity contribution in [2.75, 3.05) is 0 Å². The minimum Gasteiger partial charge on any atom is -0.312 e. The molecule has 144 valence electrons. The highest BCUT2D eigenvalue weighted by molar-refractivity contribution is 6.68. The number of Topliss-reactive ketones (excluding diaryl/α,β-unsaturated/α-hetero) is 1. The molecule has 1 aliphatic rings. The third-order valence-electron chi connectivity index (χ3n) is 4.07. The van der Waals surface area contributed by atoms with E-state index in [4.69, 9.17) is 39.6 Å². The van der Waals surface area contributed by atoms with E-state index in [0.717, 1.165) is 12.1 Å². The molecule has 1 unspecified atom stereocenters. The normalized spacial score (nSPS) is 23.3. The number of benzene rings is 1. The van der Waals surface area contributed by atoms with Crippen molar-refractivity contribution in [2.45, 2.75) is 30.0 Å². The molecule has 1 atom stereocenters. The molecule has 0 aliphatic heterocycles. The fourth-order valence-electron chi connectivity index (χ4n) is 2.31. The first-order chi connectivity index (χ1) is 12.4. The molecule has 27 heavy (non-hydrogen) atoms. The number of carbonyl (C=O) groups excluding carboxylic acids is 2. The van der Waals surface area contributed by atoms with Gasteiger partial charge in [0.25, 0.3) is 5.69 Å². The Bertz CT molecular complexity index is 858. The number of hydrogen-bond acceptors (Lipinski definition) is 6. The number of halogens is 3. The smallest absolute Gasteiger partial charge is 0.312 e. The summed E-state index contributed by atoms with van der Waals surface area (Å²) in [7, 11) is 0. The highest BCUT2D eigenvalue weighted by Gasteiger charge is 2.57. The van der Waals surface area contributed by atoms with E-state index in [-0.39, 0.29) is 22.9 Å². The number of nitro groups is 1. The highest BCUT2D eigenvalue weighted by Crippen LogP contribution is 2.46. The molecule has 0 saturated carbocycles. The Balaban J connectivity index is 2.34. The Morgan fingerprint density at radius 1 is 1.22 bits per heavy atom. The molecule has 2 rings (SSSR count). The first-order valence-electron chi connectivity index (χ1n) is 7.77. The van der Waals surface area contributed by atoms with Gasteiger partial charge in [-0.1, -0.05) is 42.2 Å². The minimum absolute atomic E-state index is 0.00716. The fraction of sp³-hybridized carbons (Fsp3) is 0.353. The van der Waals surface area contributed by atoms with E-state index >= 15 is 0 Å². The Labute approximate surface area is 170 Å². The van der Waals surface area contributed by atoms with Crippen LogP contribution in [0.4, 0.5) is 5.69 Å². The second kappa shape index (κ2) is 7.58. The summed E-state index contributed by atoms with van der Waals surface area (Å²) >= 11 is 18.7. The number of nitro benzene ring substituents is 1. The summed E-state index contributed by atoms with van der Waals surface area (Å²) in [6.45, 7) is 4.93. The molecule has 0 N–H and O–H groups in total. The van der Waals surface area contributed by atoms with E-state index in [1.54, 1.807) is 13.8 Å². The van der Waals surface area contributed by atoms with Gasteiger partial charge in [-0.15, -0.1) is 11.6 Å². The lowest BCUT2D eigenvalue weighted by Crippen LogP contribution is -2.54. The molecule has 0 bridgehead atoms. The van der Waals surface area contributed by atoms with E-state index in [1.165, 1.54) is 25.1 Å². The van der Waals surface area contributed by atoms with Crippen LogP contribution in [-0.2, 0) is 9.63 Å². The zero-order valence-corrected chi connectivity index (χ0v) is 16.8. The second-order valence-corrected chi connectivity index (χ2v) is 8.40. The van der Waals surface area contributed by atoms with Crippen LogP contribution in [0, 0.1) is 16.0 Å². The Kier molecular flexibility index (Phi) is 5.99. The van der Waals surface area contributed by atoms with Gasteiger partial charge in [-0.05, 0) is 31.1 Å². The summed E-state index contributed by atoms with van der Waals surface area (Å²) in [6.07, 6.45) is 1.39.